The van der Waals surface area contributed by atoms with E-state index in [1.807, 2.05) is 6.92 Å². The summed E-state index contributed by atoms with van der Waals surface area (Å²) < 4.78 is 15.0. The number of anilines is 1. The summed E-state index contributed by atoms with van der Waals surface area (Å²) >= 11 is 0. The van der Waals surface area contributed by atoms with E-state index in [0.717, 1.165) is 6.42 Å². The normalized spacial score (nSPS) is 10.9. The van der Waals surface area contributed by atoms with Crippen LogP contribution in [-0.4, -0.2) is 25.5 Å². The maximum atomic E-state index is 13.7. The van der Waals surface area contributed by atoms with Crippen LogP contribution in [0, 0.1) is 5.82 Å². The van der Waals surface area contributed by atoms with Crippen LogP contribution in [0.2, 0.25) is 0 Å². The summed E-state index contributed by atoms with van der Waals surface area (Å²) in [6.07, 6.45) is 1.49. The largest absolute Gasteiger partial charge is 0.306 e. The molecule has 0 aliphatic heterocycles. The Labute approximate surface area is 130 Å². The molecule has 0 radical (unpaired) electrons. The quantitative estimate of drug-likeness (QED) is 0.767. The predicted octanol–water partition coefficient (Wildman–Crippen LogP) is 1.76. The Bertz CT molecular complexity index is 931. The number of benzene rings is 1. The molecule has 2 N–H and O–H groups in total. The molecule has 0 spiro atoms. The average Bonchev–Trinajstić information content (AvgIpc) is 2.90. The van der Waals surface area contributed by atoms with Crippen LogP contribution in [0.4, 0.5) is 10.2 Å². The number of nitrogens with zero attached hydrogens (tertiary/aromatic N) is 3. The Morgan fingerprint density at radius 3 is 2.91 bits per heavy atom. The van der Waals surface area contributed by atoms with Crippen molar-refractivity contribution in [1.29, 1.82) is 0 Å². The van der Waals surface area contributed by atoms with E-state index in [1.54, 1.807) is 6.07 Å². The van der Waals surface area contributed by atoms with Gasteiger partial charge < -0.3 is 5.32 Å². The van der Waals surface area contributed by atoms with Crippen molar-refractivity contribution in [2.75, 3.05) is 5.32 Å². The minimum absolute atomic E-state index is 0.116. The fourth-order valence-electron chi connectivity index (χ4n) is 2.18. The van der Waals surface area contributed by atoms with Crippen molar-refractivity contribution in [2.24, 2.45) is 0 Å². The first-order valence-electron chi connectivity index (χ1n) is 7.13. The van der Waals surface area contributed by atoms with Crippen LogP contribution in [0.25, 0.3) is 5.78 Å². The minimum Gasteiger partial charge on any atom is -0.306 e. The monoisotopic (exact) mass is 315 g/mol. The number of nitrogens with one attached hydrogen (secondary N) is 2. The summed E-state index contributed by atoms with van der Waals surface area (Å²) in [4.78, 5) is 30.6. The molecule has 0 fully saturated rings. The average molecular weight is 315 g/mol. The summed E-state index contributed by atoms with van der Waals surface area (Å²) in [5.74, 6) is -0.397. The first-order valence-corrected chi connectivity index (χ1v) is 7.13. The minimum atomic E-state index is -0.664. The van der Waals surface area contributed by atoms with E-state index in [9.17, 15) is 14.0 Å². The number of hydrogen-bond donors (Lipinski definition) is 2. The SMILES string of the molecule is CCCc1nc2[nH]c(=O)cc(NC(=O)c3ccccc3F)n2n1. The number of halogens is 1. The molecule has 1 aromatic carbocycles. The second-order valence-corrected chi connectivity index (χ2v) is 4.97. The van der Waals surface area contributed by atoms with Crippen molar-refractivity contribution in [1.82, 2.24) is 19.6 Å². The number of carbonyl (C=O) groups excluding carboxylic acids is 1. The molecule has 2 heterocycles. The first-order chi connectivity index (χ1) is 11.1. The standard InChI is InChI=1S/C15H14FN5O2/c1-2-5-11-17-15-19-13(22)8-12(21(15)20-11)18-14(23)9-6-3-4-7-10(9)16/h3-4,6-8H,2,5H2,1H3,(H,18,23)(H,17,19,20,22). The summed E-state index contributed by atoms with van der Waals surface area (Å²) in [6.45, 7) is 1.98. The zero-order chi connectivity index (χ0) is 16.4. The molecule has 2 aromatic heterocycles. The molecule has 118 valence electrons. The van der Waals surface area contributed by atoms with Crippen molar-refractivity contribution in [3.63, 3.8) is 0 Å². The highest BCUT2D eigenvalue weighted by atomic mass is 19.1. The summed E-state index contributed by atoms with van der Waals surface area (Å²) in [7, 11) is 0. The Kier molecular flexibility index (Phi) is 3.88. The highest BCUT2D eigenvalue weighted by Crippen LogP contribution is 2.12. The number of hydrogen-bond acceptors (Lipinski definition) is 4. The number of aryl methyl sites for hydroxylation is 1. The lowest BCUT2D eigenvalue weighted by molar-refractivity contribution is 0.102. The zero-order valence-corrected chi connectivity index (χ0v) is 12.3. The zero-order valence-electron chi connectivity index (χ0n) is 12.3. The molecule has 23 heavy (non-hydrogen) atoms. The number of rotatable bonds is 4. The van der Waals surface area contributed by atoms with Gasteiger partial charge in [0.05, 0.1) is 5.56 Å². The van der Waals surface area contributed by atoms with E-state index in [2.05, 4.69) is 20.4 Å². The smallest absolute Gasteiger partial charge is 0.259 e. The lowest BCUT2D eigenvalue weighted by atomic mass is 10.2. The van der Waals surface area contributed by atoms with Gasteiger partial charge in [-0.1, -0.05) is 19.1 Å². The summed E-state index contributed by atoms with van der Waals surface area (Å²) in [5, 5.41) is 6.74. The third kappa shape index (κ3) is 2.96. The number of aromatic amines is 1. The maximum Gasteiger partial charge on any atom is 0.259 e. The van der Waals surface area contributed by atoms with Gasteiger partial charge in [0.1, 0.15) is 11.6 Å². The van der Waals surface area contributed by atoms with Gasteiger partial charge in [0, 0.05) is 12.5 Å². The number of fused-ring (bicyclic) bond motifs is 1. The van der Waals surface area contributed by atoms with Gasteiger partial charge in [0.25, 0.3) is 11.5 Å². The van der Waals surface area contributed by atoms with Crippen molar-refractivity contribution in [3.05, 3.63) is 57.9 Å². The molecule has 8 heteroatoms. The van der Waals surface area contributed by atoms with Crippen molar-refractivity contribution in [2.45, 2.75) is 19.8 Å². The van der Waals surface area contributed by atoms with E-state index in [4.69, 9.17) is 0 Å². The molecule has 0 aliphatic rings. The van der Waals surface area contributed by atoms with Crippen LogP contribution < -0.4 is 10.9 Å². The van der Waals surface area contributed by atoms with Crippen LogP contribution in [-0.2, 0) is 6.42 Å². The number of carbonyl (C=O) groups is 1. The van der Waals surface area contributed by atoms with Gasteiger partial charge in [0.15, 0.2) is 5.82 Å². The molecule has 0 bridgehead atoms. The molecule has 0 atom stereocenters. The fraction of sp³-hybridized carbons (Fsp3) is 0.200. The number of H-pyrrole nitrogens is 1. The van der Waals surface area contributed by atoms with Crippen LogP contribution in [0.5, 0.6) is 0 Å². The topological polar surface area (TPSA) is 92.1 Å². The van der Waals surface area contributed by atoms with E-state index < -0.39 is 17.3 Å². The molecule has 0 unspecified atom stereocenters. The molecular formula is C15H14FN5O2. The third-order valence-corrected chi connectivity index (χ3v) is 3.22. The summed E-state index contributed by atoms with van der Waals surface area (Å²) in [5.41, 5.74) is -0.549. The highest BCUT2D eigenvalue weighted by molar-refractivity contribution is 6.04. The van der Waals surface area contributed by atoms with E-state index in [0.29, 0.717) is 12.2 Å². The highest BCUT2D eigenvalue weighted by Gasteiger charge is 2.15. The Hall–Kier alpha value is -3.03. The molecular weight excluding hydrogens is 301 g/mol. The molecule has 1 amide bonds. The molecule has 0 saturated carbocycles. The van der Waals surface area contributed by atoms with Gasteiger partial charge in [0.2, 0.25) is 5.78 Å². The van der Waals surface area contributed by atoms with E-state index in [-0.39, 0.29) is 17.2 Å². The van der Waals surface area contributed by atoms with Gasteiger partial charge in [-0.05, 0) is 18.6 Å². The van der Waals surface area contributed by atoms with E-state index >= 15 is 0 Å². The molecule has 3 rings (SSSR count). The van der Waals surface area contributed by atoms with Gasteiger partial charge in [-0.2, -0.15) is 9.50 Å². The molecule has 7 nitrogen and oxygen atoms in total. The van der Waals surface area contributed by atoms with Gasteiger partial charge in [-0.25, -0.2) is 4.39 Å². The number of amides is 1. The Balaban J connectivity index is 2.00. The van der Waals surface area contributed by atoms with Gasteiger partial charge in [-0.3, -0.25) is 14.6 Å². The Morgan fingerprint density at radius 1 is 1.39 bits per heavy atom. The maximum absolute atomic E-state index is 13.7. The fourth-order valence-corrected chi connectivity index (χ4v) is 2.18. The second-order valence-electron chi connectivity index (χ2n) is 4.97. The third-order valence-electron chi connectivity index (χ3n) is 3.22. The van der Waals surface area contributed by atoms with E-state index in [1.165, 1.54) is 28.8 Å². The molecule has 3 aromatic rings. The van der Waals surface area contributed by atoms with Crippen molar-refractivity contribution >= 4 is 17.5 Å². The van der Waals surface area contributed by atoms with Crippen molar-refractivity contribution < 1.29 is 9.18 Å². The lowest BCUT2D eigenvalue weighted by Gasteiger charge is -2.06. The van der Waals surface area contributed by atoms with Crippen LogP contribution in [0.3, 0.4) is 0 Å². The second kappa shape index (κ2) is 5.99. The Morgan fingerprint density at radius 2 is 2.17 bits per heavy atom. The lowest BCUT2D eigenvalue weighted by Crippen LogP contribution is -2.19. The molecule has 0 saturated heterocycles. The van der Waals surface area contributed by atoms with Crippen LogP contribution in [0.1, 0.15) is 29.5 Å². The van der Waals surface area contributed by atoms with Gasteiger partial charge >= 0.3 is 0 Å². The van der Waals surface area contributed by atoms with Crippen LogP contribution in [0.15, 0.2) is 35.1 Å². The predicted molar refractivity (Wildman–Crippen MR) is 82.0 cm³/mol. The number of aromatic nitrogens is 4. The van der Waals surface area contributed by atoms with Crippen molar-refractivity contribution in [3.8, 4) is 0 Å². The molecule has 0 aliphatic carbocycles. The summed E-state index contributed by atoms with van der Waals surface area (Å²) in [6, 6.07) is 6.78. The first kappa shape index (κ1) is 14.9. The van der Waals surface area contributed by atoms with Gasteiger partial charge in [-0.15, -0.1) is 5.10 Å². The van der Waals surface area contributed by atoms with Crippen LogP contribution >= 0.6 is 0 Å².